The lowest BCUT2D eigenvalue weighted by Crippen LogP contribution is -2.10. The topological polar surface area (TPSA) is 69.2 Å². The monoisotopic (exact) mass is 266 g/mol. The fraction of sp³-hybridized carbons (Fsp3) is 0.615. The maximum absolute atomic E-state index is 5.48. The molecule has 1 heterocycles. The summed E-state index contributed by atoms with van der Waals surface area (Å²) in [6, 6.07) is 0.566. The van der Waals surface area contributed by atoms with Crippen molar-refractivity contribution in [1.29, 1.82) is 0 Å². The van der Waals surface area contributed by atoms with E-state index in [0.29, 0.717) is 19.2 Å². The molecule has 19 heavy (non-hydrogen) atoms. The number of ether oxygens (including phenoxy) is 2. The summed E-state index contributed by atoms with van der Waals surface area (Å²) in [6.07, 6.45) is 1.67. The van der Waals surface area contributed by atoms with Gasteiger partial charge in [-0.25, -0.2) is 0 Å². The molecule has 1 aromatic rings. The lowest BCUT2D eigenvalue weighted by atomic mass is 10.3. The molecule has 6 nitrogen and oxygen atoms in total. The van der Waals surface area contributed by atoms with Crippen LogP contribution >= 0.6 is 0 Å². The van der Waals surface area contributed by atoms with Gasteiger partial charge in [0.2, 0.25) is 5.95 Å². The average Bonchev–Trinajstić information content (AvgIpc) is 2.36. The first kappa shape index (κ1) is 15.2. The van der Waals surface area contributed by atoms with Gasteiger partial charge in [-0.2, -0.15) is 9.97 Å². The molecule has 106 valence electrons. The molecule has 1 aromatic heterocycles. The van der Waals surface area contributed by atoms with Crippen LogP contribution in [0.5, 0.6) is 12.0 Å². The molecule has 0 saturated carbocycles. The maximum Gasteiger partial charge on any atom is 0.324 e. The number of hydrogen-bond acceptors (Lipinski definition) is 6. The molecule has 0 aromatic carbocycles. The summed E-state index contributed by atoms with van der Waals surface area (Å²) in [4.78, 5) is 12.4. The molecule has 0 unspecified atom stereocenters. The molecule has 0 bridgehead atoms. The van der Waals surface area contributed by atoms with Crippen LogP contribution < -0.4 is 14.8 Å². The minimum absolute atomic E-state index is 0.276. The van der Waals surface area contributed by atoms with Crippen molar-refractivity contribution in [1.82, 2.24) is 15.0 Å². The predicted molar refractivity (Wildman–Crippen MR) is 74.7 cm³/mol. The predicted octanol–water partition coefficient (Wildman–Crippen LogP) is 2.44. The van der Waals surface area contributed by atoms with Gasteiger partial charge in [0.25, 0.3) is 0 Å². The molecule has 0 radical (unpaired) electrons. The molecular weight excluding hydrogens is 244 g/mol. The van der Waals surface area contributed by atoms with Crippen LogP contribution in [-0.4, -0.2) is 34.7 Å². The second-order valence-electron chi connectivity index (χ2n) is 4.16. The average molecular weight is 266 g/mol. The van der Waals surface area contributed by atoms with Crippen molar-refractivity contribution in [3.8, 4) is 12.0 Å². The van der Waals surface area contributed by atoms with E-state index in [9.17, 15) is 0 Å². The highest BCUT2D eigenvalue weighted by molar-refractivity contribution is 5.27. The minimum atomic E-state index is 0.276. The SMILES string of the molecule is C=C(C)CCOc1nc(NCC)nc(OCCC)n1. The van der Waals surface area contributed by atoms with Gasteiger partial charge in [0, 0.05) is 13.0 Å². The van der Waals surface area contributed by atoms with Crippen molar-refractivity contribution in [2.75, 3.05) is 25.1 Å². The highest BCUT2D eigenvalue weighted by Gasteiger charge is 2.08. The van der Waals surface area contributed by atoms with Crippen molar-refractivity contribution in [2.45, 2.75) is 33.6 Å². The van der Waals surface area contributed by atoms with E-state index in [0.717, 1.165) is 25.0 Å². The first-order valence-corrected chi connectivity index (χ1v) is 6.55. The Morgan fingerprint density at radius 1 is 1.11 bits per heavy atom. The highest BCUT2D eigenvalue weighted by atomic mass is 16.5. The standard InChI is InChI=1S/C13H22N4O2/c1-5-8-18-12-15-11(14-6-2)16-13(17-12)19-9-7-10(3)4/h3,5-9H2,1-2,4H3,(H,14,15,16,17). The van der Waals surface area contributed by atoms with E-state index in [2.05, 4.69) is 26.8 Å². The van der Waals surface area contributed by atoms with Gasteiger partial charge in [-0.15, -0.1) is 11.6 Å². The Labute approximate surface area is 114 Å². The molecule has 0 aliphatic heterocycles. The Balaban J connectivity index is 2.71. The number of nitrogens with zero attached hydrogens (tertiary/aromatic N) is 3. The van der Waals surface area contributed by atoms with Gasteiger partial charge >= 0.3 is 12.0 Å². The summed E-state index contributed by atoms with van der Waals surface area (Å²) in [6.45, 7) is 11.6. The second kappa shape index (κ2) is 8.29. The lowest BCUT2D eigenvalue weighted by Gasteiger charge is -2.09. The van der Waals surface area contributed by atoms with Crippen LogP contribution in [0, 0.1) is 0 Å². The molecule has 0 amide bonds. The highest BCUT2D eigenvalue weighted by Crippen LogP contribution is 2.13. The number of hydrogen-bond donors (Lipinski definition) is 1. The zero-order chi connectivity index (χ0) is 14.1. The smallest absolute Gasteiger partial charge is 0.324 e. The van der Waals surface area contributed by atoms with E-state index in [4.69, 9.17) is 9.47 Å². The van der Waals surface area contributed by atoms with Crippen LogP contribution in [0.4, 0.5) is 5.95 Å². The fourth-order valence-corrected chi connectivity index (χ4v) is 1.21. The Bertz CT molecular complexity index is 410. The van der Waals surface area contributed by atoms with Crippen molar-refractivity contribution in [3.05, 3.63) is 12.2 Å². The summed E-state index contributed by atoms with van der Waals surface area (Å²) in [5.74, 6) is 0.467. The third kappa shape index (κ3) is 6.03. The summed E-state index contributed by atoms with van der Waals surface area (Å²) in [5, 5.41) is 3.02. The number of nitrogens with one attached hydrogen (secondary N) is 1. The first-order chi connectivity index (χ1) is 9.15. The molecule has 0 atom stereocenters. The summed E-state index contributed by atoms with van der Waals surface area (Å²) >= 11 is 0. The van der Waals surface area contributed by atoms with Crippen LogP contribution in [0.15, 0.2) is 12.2 Å². The Hall–Kier alpha value is -1.85. The molecule has 0 aliphatic rings. The van der Waals surface area contributed by atoms with E-state index in [-0.39, 0.29) is 12.0 Å². The second-order valence-corrected chi connectivity index (χ2v) is 4.16. The van der Waals surface area contributed by atoms with Crippen molar-refractivity contribution in [2.24, 2.45) is 0 Å². The van der Waals surface area contributed by atoms with Gasteiger partial charge in [-0.05, 0) is 20.3 Å². The fourth-order valence-electron chi connectivity index (χ4n) is 1.21. The van der Waals surface area contributed by atoms with E-state index in [1.165, 1.54) is 0 Å². The largest absolute Gasteiger partial charge is 0.463 e. The maximum atomic E-state index is 5.48. The van der Waals surface area contributed by atoms with E-state index >= 15 is 0 Å². The molecule has 0 aliphatic carbocycles. The molecular formula is C13H22N4O2. The van der Waals surface area contributed by atoms with Gasteiger partial charge in [0.1, 0.15) is 0 Å². The van der Waals surface area contributed by atoms with E-state index in [1.54, 1.807) is 0 Å². The minimum Gasteiger partial charge on any atom is -0.463 e. The van der Waals surface area contributed by atoms with Crippen LogP contribution in [0.25, 0.3) is 0 Å². The third-order valence-corrected chi connectivity index (χ3v) is 2.12. The number of anilines is 1. The zero-order valence-electron chi connectivity index (χ0n) is 11.9. The summed E-state index contributed by atoms with van der Waals surface area (Å²) in [5.41, 5.74) is 1.06. The molecule has 1 N–H and O–H groups in total. The first-order valence-electron chi connectivity index (χ1n) is 6.55. The van der Waals surface area contributed by atoms with Gasteiger partial charge in [0.05, 0.1) is 13.2 Å². The molecule has 0 spiro atoms. The molecule has 0 fully saturated rings. The van der Waals surface area contributed by atoms with Gasteiger partial charge in [0.15, 0.2) is 0 Å². The number of aromatic nitrogens is 3. The normalized spacial score (nSPS) is 10.1. The van der Waals surface area contributed by atoms with Crippen molar-refractivity contribution in [3.63, 3.8) is 0 Å². The summed E-state index contributed by atoms with van der Waals surface area (Å²) in [7, 11) is 0. The molecule has 6 heteroatoms. The van der Waals surface area contributed by atoms with Gasteiger partial charge < -0.3 is 14.8 Å². The van der Waals surface area contributed by atoms with Gasteiger partial charge in [-0.3, -0.25) is 0 Å². The van der Waals surface area contributed by atoms with Crippen LogP contribution in [-0.2, 0) is 0 Å². The van der Waals surface area contributed by atoms with Crippen LogP contribution in [0.3, 0.4) is 0 Å². The van der Waals surface area contributed by atoms with Crippen molar-refractivity contribution < 1.29 is 9.47 Å². The van der Waals surface area contributed by atoms with Crippen LogP contribution in [0.1, 0.15) is 33.6 Å². The number of rotatable bonds is 9. The van der Waals surface area contributed by atoms with Gasteiger partial charge in [-0.1, -0.05) is 12.5 Å². The van der Waals surface area contributed by atoms with E-state index in [1.807, 2.05) is 20.8 Å². The Morgan fingerprint density at radius 2 is 1.74 bits per heavy atom. The van der Waals surface area contributed by atoms with Crippen molar-refractivity contribution >= 4 is 5.95 Å². The quantitative estimate of drug-likeness (QED) is 0.692. The molecule has 1 rings (SSSR count). The lowest BCUT2D eigenvalue weighted by molar-refractivity contribution is 0.264. The summed E-state index contributed by atoms with van der Waals surface area (Å²) < 4.78 is 10.9. The Morgan fingerprint density at radius 3 is 2.26 bits per heavy atom. The molecule has 0 saturated heterocycles. The van der Waals surface area contributed by atoms with Crippen LogP contribution in [0.2, 0.25) is 0 Å². The van der Waals surface area contributed by atoms with E-state index < -0.39 is 0 Å². The Kier molecular flexibility index (Phi) is 6.63. The zero-order valence-corrected chi connectivity index (χ0v) is 11.9. The third-order valence-electron chi connectivity index (χ3n) is 2.12.